The van der Waals surface area contributed by atoms with Crippen LogP contribution >= 0.6 is 0 Å². The minimum Gasteiger partial charge on any atom is -0.486 e. The topological polar surface area (TPSA) is 78.3 Å². The number of amides is 1. The molecule has 4 N–H and O–H groups in total. The van der Waals surface area contributed by atoms with Crippen LogP contribution in [0.4, 0.5) is 5.69 Å². The second-order valence-electron chi connectivity index (χ2n) is 4.87. The van der Waals surface area contributed by atoms with Crippen LogP contribution in [-0.4, -0.2) is 5.91 Å². The second-order valence-corrected chi connectivity index (χ2v) is 4.87. The predicted octanol–water partition coefficient (Wildman–Crippen LogP) is 2.56. The number of ether oxygens (including phenoxy) is 1. The fourth-order valence-corrected chi connectivity index (χ4v) is 2.22. The number of aryl methyl sites for hydroxylation is 2. The van der Waals surface area contributed by atoms with Crippen LogP contribution in [0.2, 0.25) is 0 Å². The molecule has 4 nitrogen and oxygen atoms in total. The van der Waals surface area contributed by atoms with Crippen molar-refractivity contribution < 1.29 is 9.53 Å². The highest BCUT2D eigenvalue weighted by Gasteiger charge is 2.12. The first kappa shape index (κ1) is 13.9. The van der Waals surface area contributed by atoms with Crippen LogP contribution in [0.25, 0.3) is 0 Å². The molecule has 4 heteroatoms. The molecule has 0 bridgehead atoms. The Hall–Kier alpha value is -2.49. The summed E-state index contributed by atoms with van der Waals surface area (Å²) in [5.41, 5.74) is 15.2. The van der Waals surface area contributed by atoms with Gasteiger partial charge in [-0.2, -0.15) is 0 Å². The van der Waals surface area contributed by atoms with Crippen molar-refractivity contribution in [2.24, 2.45) is 5.73 Å². The van der Waals surface area contributed by atoms with E-state index in [0.29, 0.717) is 23.6 Å². The van der Waals surface area contributed by atoms with Crippen LogP contribution in [-0.2, 0) is 6.61 Å². The lowest BCUT2D eigenvalue weighted by Gasteiger charge is -2.13. The van der Waals surface area contributed by atoms with Gasteiger partial charge in [0.15, 0.2) is 5.75 Å². The van der Waals surface area contributed by atoms with E-state index in [2.05, 4.69) is 6.07 Å². The number of benzene rings is 2. The summed E-state index contributed by atoms with van der Waals surface area (Å²) in [7, 11) is 0. The number of hydrogen-bond acceptors (Lipinski definition) is 3. The largest absolute Gasteiger partial charge is 0.486 e. The molecule has 104 valence electrons. The quantitative estimate of drug-likeness (QED) is 0.838. The van der Waals surface area contributed by atoms with Crippen molar-refractivity contribution in [3.05, 3.63) is 58.7 Å². The summed E-state index contributed by atoms with van der Waals surface area (Å²) >= 11 is 0. The number of carbonyl (C=O) groups excluding carboxylic acids is 1. The first-order valence-corrected chi connectivity index (χ1v) is 6.35. The minimum atomic E-state index is -0.548. The second kappa shape index (κ2) is 5.65. The van der Waals surface area contributed by atoms with Crippen molar-refractivity contribution >= 4 is 11.6 Å². The van der Waals surface area contributed by atoms with Crippen molar-refractivity contribution in [2.75, 3.05) is 5.73 Å². The van der Waals surface area contributed by atoms with E-state index in [1.807, 2.05) is 26.0 Å². The van der Waals surface area contributed by atoms with Crippen molar-refractivity contribution in [3.8, 4) is 5.75 Å². The monoisotopic (exact) mass is 270 g/mol. The SMILES string of the molecule is Cc1cc(C)cc(COc2c(N)cccc2C(N)=O)c1. The average molecular weight is 270 g/mol. The molecule has 2 aromatic rings. The average Bonchev–Trinajstić information content (AvgIpc) is 2.35. The van der Waals surface area contributed by atoms with E-state index in [1.165, 1.54) is 11.1 Å². The van der Waals surface area contributed by atoms with Gasteiger partial charge in [0.1, 0.15) is 6.61 Å². The van der Waals surface area contributed by atoms with E-state index in [-0.39, 0.29) is 0 Å². The molecule has 0 aromatic heterocycles. The Bertz CT molecular complexity index is 631. The van der Waals surface area contributed by atoms with Gasteiger partial charge in [-0.05, 0) is 31.5 Å². The van der Waals surface area contributed by atoms with Crippen molar-refractivity contribution in [1.29, 1.82) is 0 Å². The standard InChI is InChI=1S/C16H18N2O2/c1-10-6-11(2)8-12(7-10)9-20-15-13(16(18)19)4-3-5-14(15)17/h3-8H,9,17H2,1-2H3,(H2,18,19). The number of primary amides is 1. The molecule has 0 unspecified atom stereocenters. The van der Waals surface area contributed by atoms with Crippen molar-refractivity contribution in [1.82, 2.24) is 0 Å². The summed E-state index contributed by atoms with van der Waals surface area (Å²) in [6.45, 7) is 4.40. The van der Waals surface area contributed by atoms with E-state index < -0.39 is 5.91 Å². The van der Waals surface area contributed by atoms with Crippen LogP contribution in [0.1, 0.15) is 27.0 Å². The highest BCUT2D eigenvalue weighted by Crippen LogP contribution is 2.27. The van der Waals surface area contributed by atoms with Gasteiger partial charge in [0.2, 0.25) is 0 Å². The summed E-state index contributed by atoms with van der Waals surface area (Å²) in [6.07, 6.45) is 0. The van der Waals surface area contributed by atoms with Crippen LogP contribution in [0.5, 0.6) is 5.75 Å². The molecule has 2 rings (SSSR count). The molecule has 20 heavy (non-hydrogen) atoms. The van der Waals surface area contributed by atoms with E-state index in [9.17, 15) is 4.79 Å². The molecule has 1 amide bonds. The smallest absolute Gasteiger partial charge is 0.252 e. The van der Waals surface area contributed by atoms with Gasteiger partial charge in [-0.1, -0.05) is 35.4 Å². The summed E-state index contributed by atoms with van der Waals surface area (Å²) in [6, 6.07) is 11.1. The fourth-order valence-electron chi connectivity index (χ4n) is 2.22. The van der Waals surface area contributed by atoms with Gasteiger partial charge in [0, 0.05) is 0 Å². The number of hydrogen-bond donors (Lipinski definition) is 2. The van der Waals surface area contributed by atoms with Gasteiger partial charge < -0.3 is 16.2 Å². The van der Waals surface area contributed by atoms with E-state index in [4.69, 9.17) is 16.2 Å². The van der Waals surface area contributed by atoms with Crippen molar-refractivity contribution in [2.45, 2.75) is 20.5 Å². The van der Waals surface area contributed by atoms with Gasteiger partial charge in [-0.15, -0.1) is 0 Å². The maximum absolute atomic E-state index is 11.4. The number of rotatable bonds is 4. The predicted molar refractivity (Wildman–Crippen MR) is 79.6 cm³/mol. The minimum absolute atomic E-state index is 0.300. The first-order valence-electron chi connectivity index (χ1n) is 6.35. The summed E-state index contributed by atoms with van der Waals surface area (Å²) < 4.78 is 5.70. The van der Waals surface area contributed by atoms with Crippen molar-refractivity contribution in [3.63, 3.8) is 0 Å². The zero-order valence-electron chi connectivity index (χ0n) is 11.6. The molecule has 0 saturated heterocycles. The number of nitrogens with two attached hydrogens (primary N) is 2. The third kappa shape index (κ3) is 3.09. The molecule has 0 saturated carbocycles. The molecule has 0 heterocycles. The van der Waals surface area contributed by atoms with E-state index in [1.54, 1.807) is 18.2 Å². The molecular weight excluding hydrogens is 252 g/mol. The Morgan fingerprint density at radius 3 is 2.40 bits per heavy atom. The summed E-state index contributed by atoms with van der Waals surface area (Å²) in [5.74, 6) is -0.202. The molecule has 0 spiro atoms. The van der Waals surface area contributed by atoms with Gasteiger partial charge in [-0.25, -0.2) is 0 Å². The summed E-state index contributed by atoms with van der Waals surface area (Å²) in [5, 5.41) is 0. The Balaban J connectivity index is 2.25. The molecule has 2 aromatic carbocycles. The molecule has 0 atom stereocenters. The van der Waals surface area contributed by atoms with Gasteiger partial charge in [-0.3, -0.25) is 4.79 Å². The first-order chi connectivity index (χ1) is 9.47. The Labute approximate surface area is 118 Å². The molecular formula is C16H18N2O2. The number of nitrogen functional groups attached to an aromatic ring is 1. The fraction of sp³-hybridized carbons (Fsp3) is 0.188. The molecule has 0 aliphatic heterocycles. The van der Waals surface area contributed by atoms with Crippen LogP contribution in [0.3, 0.4) is 0 Å². The van der Waals surface area contributed by atoms with Gasteiger partial charge in [0.25, 0.3) is 5.91 Å². The normalized spacial score (nSPS) is 10.3. The van der Waals surface area contributed by atoms with Gasteiger partial charge in [0.05, 0.1) is 11.3 Å². The lowest BCUT2D eigenvalue weighted by Crippen LogP contribution is -2.14. The van der Waals surface area contributed by atoms with Crippen LogP contribution in [0, 0.1) is 13.8 Å². The molecule has 0 radical (unpaired) electrons. The zero-order chi connectivity index (χ0) is 14.7. The molecule has 0 aliphatic rings. The Morgan fingerprint density at radius 1 is 1.15 bits per heavy atom. The zero-order valence-corrected chi connectivity index (χ0v) is 11.6. The van der Waals surface area contributed by atoms with Gasteiger partial charge >= 0.3 is 0 Å². The Morgan fingerprint density at radius 2 is 1.80 bits per heavy atom. The third-order valence-electron chi connectivity index (χ3n) is 2.98. The summed E-state index contributed by atoms with van der Waals surface area (Å²) in [4.78, 5) is 11.4. The lowest BCUT2D eigenvalue weighted by atomic mass is 10.1. The van der Waals surface area contributed by atoms with E-state index in [0.717, 1.165) is 5.56 Å². The Kier molecular flexibility index (Phi) is 3.94. The van der Waals surface area contributed by atoms with Crippen LogP contribution in [0.15, 0.2) is 36.4 Å². The number of carbonyl (C=O) groups is 1. The maximum atomic E-state index is 11.4. The number of anilines is 1. The maximum Gasteiger partial charge on any atom is 0.252 e. The third-order valence-corrected chi connectivity index (χ3v) is 2.98. The van der Waals surface area contributed by atoms with E-state index >= 15 is 0 Å². The highest BCUT2D eigenvalue weighted by atomic mass is 16.5. The molecule has 0 fully saturated rings. The van der Waals surface area contributed by atoms with Crippen LogP contribution < -0.4 is 16.2 Å². The highest BCUT2D eigenvalue weighted by molar-refractivity contribution is 5.97. The molecule has 0 aliphatic carbocycles. The number of para-hydroxylation sites is 1. The lowest BCUT2D eigenvalue weighted by molar-refractivity contribution is 0.0996.